The second kappa shape index (κ2) is 16.2. The zero-order chi connectivity index (χ0) is 15.3. The van der Waals surface area contributed by atoms with Crippen molar-refractivity contribution in [3.05, 3.63) is 91.0 Å². The van der Waals surface area contributed by atoms with Crippen LogP contribution in [0.1, 0.15) is 0 Å². The molecule has 0 aliphatic carbocycles. The molecule has 0 bridgehead atoms. The van der Waals surface area contributed by atoms with E-state index < -0.39 is 0 Å². The highest BCUT2D eigenvalue weighted by Gasteiger charge is 1.76. The number of halogens is 3. The summed E-state index contributed by atoms with van der Waals surface area (Å²) in [5.74, 6) is 0.965. The van der Waals surface area contributed by atoms with Gasteiger partial charge in [0.2, 0.25) is 0 Å². The molecule has 0 unspecified atom stereocenters. The van der Waals surface area contributed by atoms with Crippen molar-refractivity contribution >= 4 is 0 Å². The van der Waals surface area contributed by atoms with E-state index in [9.17, 15) is 0 Å². The summed E-state index contributed by atoms with van der Waals surface area (Å²) >= 11 is 0. The summed E-state index contributed by atoms with van der Waals surface area (Å²) in [4.78, 5) is 0. The molecular weight excluding hydrogens is 321 g/mol. The number of rotatable bonds is 0. The first-order chi connectivity index (χ1) is 10.2. The first kappa shape index (κ1) is 25.8. The molecule has 24 heavy (non-hydrogen) atoms. The highest BCUT2D eigenvalue weighted by atomic mass is 19.0. The van der Waals surface area contributed by atoms with Crippen LogP contribution in [-0.2, 0) is 0 Å². The van der Waals surface area contributed by atoms with E-state index in [2.05, 4.69) is 0 Å². The van der Waals surface area contributed by atoms with Gasteiger partial charge in [0.25, 0.3) is 0 Å². The Balaban J connectivity index is -0.000000259. The van der Waals surface area contributed by atoms with Gasteiger partial charge in [-0.05, 0) is 36.4 Å². The lowest BCUT2D eigenvalue weighted by molar-refractivity contribution is 0.475. The van der Waals surface area contributed by atoms with Crippen LogP contribution >= 0.6 is 0 Å². The largest absolute Gasteiger partial charge is 0.508 e. The molecule has 3 nitrogen and oxygen atoms in total. The summed E-state index contributed by atoms with van der Waals surface area (Å²) in [5.41, 5.74) is 0. The van der Waals surface area contributed by atoms with E-state index in [1.165, 1.54) is 0 Å². The van der Waals surface area contributed by atoms with E-state index in [-0.39, 0.29) is 14.1 Å². The third-order valence-electron chi connectivity index (χ3n) is 2.27. The van der Waals surface area contributed by atoms with Crippen molar-refractivity contribution < 1.29 is 29.4 Å². The van der Waals surface area contributed by atoms with E-state index >= 15 is 0 Å². The molecule has 0 saturated carbocycles. The molecule has 0 aliphatic heterocycles. The zero-order valence-corrected chi connectivity index (χ0v) is 12.7. The lowest BCUT2D eigenvalue weighted by Crippen LogP contribution is -1.56. The van der Waals surface area contributed by atoms with E-state index in [0.29, 0.717) is 17.2 Å². The van der Waals surface area contributed by atoms with Gasteiger partial charge in [-0.15, -0.1) is 0 Å². The fourth-order valence-corrected chi connectivity index (χ4v) is 1.28. The summed E-state index contributed by atoms with van der Waals surface area (Å²) < 4.78 is 0. The Kier molecular flexibility index (Phi) is 17.4. The molecule has 0 atom stereocenters. The molecule has 0 aromatic heterocycles. The SMILES string of the molecule is F.F.F.Oc1ccccc1.Oc1ccccc1.Oc1ccccc1. The Labute approximate surface area is 138 Å². The van der Waals surface area contributed by atoms with Crippen LogP contribution in [0.3, 0.4) is 0 Å². The van der Waals surface area contributed by atoms with E-state index in [1.807, 2.05) is 18.2 Å². The number of hydrogen-bond donors (Lipinski definition) is 3. The number of hydrogen-bond acceptors (Lipinski definition) is 3. The third kappa shape index (κ3) is 13.8. The minimum Gasteiger partial charge on any atom is -0.508 e. The Morgan fingerprint density at radius 3 is 0.583 bits per heavy atom. The standard InChI is InChI=1S/3C6H6O.3FH/c3*7-6-4-2-1-3-5-6;;;/h3*1-5,7H;3*1H. The van der Waals surface area contributed by atoms with Gasteiger partial charge < -0.3 is 15.3 Å². The Morgan fingerprint density at radius 1 is 0.333 bits per heavy atom. The van der Waals surface area contributed by atoms with Gasteiger partial charge in [0.05, 0.1) is 0 Å². The molecule has 3 aromatic rings. The minimum atomic E-state index is 0. The van der Waals surface area contributed by atoms with Crippen LogP contribution in [0.2, 0.25) is 0 Å². The lowest BCUT2D eigenvalue weighted by atomic mass is 10.3. The van der Waals surface area contributed by atoms with Gasteiger partial charge in [-0.25, -0.2) is 0 Å². The predicted molar refractivity (Wildman–Crippen MR) is 91.8 cm³/mol. The molecular formula is C18H21F3O3. The van der Waals surface area contributed by atoms with Crippen LogP contribution in [-0.4, -0.2) is 15.3 Å². The third-order valence-corrected chi connectivity index (χ3v) is 2.27. The normalized spacial score (nSPS) is 7.50. The maximum absolute atomic E-state index is 8.63. The van der Waals surface area contributed by atoms with Gasteiger partial charge in [-0.1, -0.05) is 54.6 Å². The quantitative estimate of drug-likeness (QED) is 0.558. The summed E-state index contributed by atoms with van der Waals surface area (Å²) in [7, 11) is 0. The summed E-state index contributed by atoms with van der Waals surface area (Å²) in [6.07, 6.45) is 0. The van der Waals surface area contributed by atoms with Crippen molar-refractivity contribution in [2.45, 2.75) is 0 Å². The van der Waals surface area contributed by atoms with Crippen LogP contribution in [0.25, 0.3) is 0 Å². The van der Waals surface area contributed by atoms with E-state index in [4.69, 9.17) is 15.3 Å². The summed E-state index contributed by atoms with van der Waals surface area (Å²) in [5, 5.41) is 25.9. The molecule has 0 saturated heterocycles. The fraction of sp³-hybridized carbons (Fsp3) is 0. The molecule has 0 radical (unpaired) electrons. The molecule has 3 aromatic carbocycles. The molecule has 0 fully saturated rings. The topological polar surface area (TPSA) is 60.7 Å². The number of phenols is 3. The van der Waals surface area contributed by atoms with Crippen LogP contribution in [0.5, 0.6) is 17.2 Å². The Bertz CT molecular complexity index is 505. The number of aromatic hydroxyl groups is 3. The second-order valence-electron chi connectivity index (χ2n) is 4.01. The van der Waals surface area contributed by atoms with Crippen LogP contribution < -0.4 is 0 Å². The number of benzene rings is 3. The van der Waals surface area contributed by atoms with Gasteiger partial charge in [0, 0.05) is 0 Å². The highest BCUT2D eigenvalue weighted by molar-refractivity contribution is 5.19. The molecule has 132 valence electrons. The van der Waals surface area contributed by atoms with Gasteiger partial charge in [-0.3, -0.25) is 14.1 Å². The lowest BCUT2D eigenvalue weighted by Gasteiger charge is -1.82. The number of phenolic OH excluding ortho intramolecular Hbond substituents is 3. The average Bonchev–Trinajstić information content (AvgIpc) is 2.51. The summed E-state index contributed by atoms with van der Waals surface area (Å²) in [6.45, 7) is 0. The molecule has 3 N–H and O–H groups in total. The van der Waals surface area contributed by atoms with Gasteiger partial charge in [0.15, 0.2) is 0 Å². The van der Waals surface area contributed by atoms with Crippen LogP contribution in [0.15, 0.2) is 91.0 Å². The first-order valence-corrected chi connectivity index (χ1v) is 6.40. The first-order valence-electron chi connectivity index (χ1n) is 6.40. The molecule has 0 amide bonds. The van der Waals surface area contributed by atoms with Crippen molar-refractivity contribution in [3.63, 3.8) is 0 Å². The smallest absolute Gasteiger partial charge is 0.115 e. The van der Waals surface area contributed by atoms with Gasteiger partial charge >= 0.3 is 0 Å². The second-order valence-corrected chi connectivity index (χ2v) is 4.01. The molecule has 0 aliphatic rings. The predicted octanol–water partition coefficient (Wildman–Crippen LogP) is 4.63. The van der Waals surface area contributed by atoms with Crippen molar-refractivity contribution in [2.75, 3.05) is 0 Å². The maximum atomic E-state index is 8.63. The monoisotopic (exact) mass is 342 g/mol. The van der Waals surface area contributed by atoms with Crippen molar-refractivity contribution in [2.24, 2.45) is 0 Å². The van der Waals surface area contributed by atoms with E-state index in [1.54, 1.807) is 72.8 Å². The maximum Gasteiger partial charge on any atom is 0.115 e. The van der Waals surface area contributed by atoms with Crippen molar-refractivity contribution in [1.29, 1.82) is 0 Å². The molecule has 0 heterocycles. The molecule has 6 heteroatoms. The summed E-state index contributed by atoms with van der Waals surface area (Å²) in [6, 6.07) is 26.1. The van der Waals surface area contributed by atoms with Crippen LogP contribution in [0.4, 0.5) is 14.1 Å². The molecule has 3 rings (SSSR count). The Hall–Kier alpha value is -3.15. The number of para-hydroxylation sites is 3. The fourth-order valence-electron chi connectivity index (χ4n) is 1.28. The minimum absolute atomic E-state index is 0. The highest BCUT2D eigenvalue weighted by Crippen LogP contribution is 2.04. The van der Waals surface area contributed by atoms with Gasteiger partial charge in [0.1, 0.15) is 17.2 Å². The van der Waals surface area contributed by atoms with Gasteiger partial charge in [-0.2, -0.15) is 0 Å². The zero-order valence-electron chi connectivity index (χ0n) is 12.7. The van der Waals surface area contributed by atoms with E-state index in [0.717, 1.165) is 0 Å². The van der Waals surface area contributed by atoms with Crippen LogP contribution in [0, 0.1) is 0 Å². The Morgan fingerprint density at radius 2 is 0.500 bits per heavy atom. The van der Waals surface area contributed by atoms with Crippen molar-refractivity contribution in [3.8, 4) is 17.2 Å². The molecule has 0 spiro atoms. The van der Waals surface area contributed by atoms with Crippen molar-refractivity contribution in [1.82, 2.24) is 0 Å². The average molecular weight is 342 g/mol.